The van der Waals surface area contributed by atoms with Gasteiger partial charge in [0.05, 0.1) is 10.7 Å². The molecule has 1 N–H and O–H groups in total. The largest absolute Gasteiger partial charge is 0.489 e. The van der Waals surface area contributed by atoms with Crippen molar-refractivity contribution in [1.82, 2.24) is 0 Å². The molecule has 0 aliphatic carbocycles. The van der Waals surface area contributed by atoms with Gasteiger partial charge in [-0.1, -0.05) is 66.2 Å². The fraction of sp³-hybridized carbons (Fsp3) is 0.100. The first kappa shape index (κ1) is 15.4. The topological polar surface area (TPSA) is 21.3 Å². The second-order valence-electron chi connectivity index (χ2n) is 5.25. The lowest BCUT2D eigenvalue weighted by Crippen LogP contribution is -2.00. The van der Waals surface area contributed by atoms with Gasteiger partial charge in [-0.15, -0.1) is 0 Å². The van der Waals surface area contributed by atoms with E-state index in [2.05, 4.69) is 29.6 Å². The molecular weight excluding hydrogens is 306 g/mol. The van der Waals surface area contributed by atoms with Crippen LogP contribution in [-0.2, 0) is 13.2 Å². The summed E-state index contributed by atoms with van der Waals surface area (Å²) in [5.41, 5.74) is 3.28. The number of halogens is 1. The summed E-state index contributed by atoms with van der Waals surface area (Å²) in [4.78, 5) is 0. The fourth-order valence-corrected chi connectivity index (χ4v) is 2.45. The van der Waals surface area contributed by atoms with Crippen molar-refractivity contribution in [2.75, 3.05) is 5.32 Å². The minimum atomic E-state index is 0.581. The Morgan fingerprint density at radius 2 is 1.43 bits per heavy atom. The van der Waals surface area contributed by atoms with Gasteiger partial charge >= 0.3 is 0 Å². The predicted molar refractivity (Wildman–Crippen MR) is 96.0 cm³/mol. The highest BCUT2D eigenvalue weighted by molar-refractivity contribution is 6.33. The third-order valence-corrected chi connectivity index (χ3v) is 3.86. The van der Waals surface area contributed by atoms with Gasteiger partial charge in [0.25, 0.3) is 0 Å². The Morgan fingerprint density at radius 1 is 0.739 bits per heavy atom. The van der Waals surface area contributed by atoms with Gasteiger partial charge < -0.3 is 10.1 Å². The van der Waals surface area contributed by atoms with Crippen LogP contribution in [0.1, 0.15) is 11.1 Å². The van der Waals surface area contributed by atoms with Crippen LogP contribution in [0.4, 0.5) is 5.69 Å². The van der Waals surface area contributed by atoms with E-state index in [0.717, 1.165) is 28.6 Å². The van der Waals surface area contributed by atoms with Crippen LogP contribution in [0.3, 0.4) is 0 Å². The number of hydrogen-bond donors (Lipinski definition) is 1. The zero-order valence-corrected chi connectivity index (χ0v) is 13.5. The van der Waals surface area contributed by atoms with Crippen LogP contribution in [0.25, 0.3) is 0 Å². The summed E-state index contributed by atoms with van der Waals surface area (Å²) in [6, 6.07) is 26.0. The average Bonchev–Trinajstić information content (AvgIpc) is 2.61. The SMILES string of the molecule is Clc1ccccc1NCc1ccc(OCc2ccccc2)cc1. The molecule has 0 amide bonds. The molecule has 0 radical (unpaired) electrons. The molecule has 0 aromatic heterocycles. The molecule has 0 bridgehead atoms. The predicted octanol–water partition coefficient (Wildman–Crippen LogP) is 5.53. The van der Waals surface area contributed by atoms with E-state index in [9.17, 15) is 0 Å². The summed E-state index contributed by atoms with van der Waals surface area (Å²) in [7, 11) is 0. The van der Waals surface area contributed by atoms with E-state index >= 15 is 0 Å². The van der Waals surface area contributed by atoms with E-state index in [0.29, 0.717) is 6.61 Å². The molecule has 0 heterocycles. The minimum absolute atomic E-state index is 0.581. The van der Waals surface area contributed by atoms with E-state index in [4.69, 9.17) is 16.3 Å². The van der Waals surface area contributed by atoms with Crippen LogP contribution in [0.5, 0.6) is 5.75 Å². The molecule has 0 fully saturated rings. The number of benzene rings is 3. The minimum Gasteiger partial charge on any atom is -0.489 e. The zero-order valence-electron chi connectivity index (χ0n) is 12.7. The molecule has 0 aliphatic rings. The lowest BCUT2D eigenvalue weighted by Gasteiger charge is -2.10. The number of ether oxygens (including phenoxy) is 1. The van der Waals surface area contributed by atoms with Crippen molar-refractivity contribution in [2.45, 2.75) is 13.2 Å². The second-order valence-corrected chi connectivity index (χ2v) is 5.66. The molecule has 23 heavy (non-hydrogen) atoms. The van der Waals surface area contributed by atoms with Gasteiger partial charge in [-0.25, -0.2) is 0 Å². The zero-order chi connectivity index (χ0) is 15.9. The summed E-state index contributed by atoms with van der Waals surface area (Å²) in [6.45, 7) is 1.31. The van der Waals surface area contributed by atoms with E-state index in [1.807, 2.05) is 54.6 Å². The lowest BCUT2D eigenvalue weighted by molar-refractivity contribution is 0.306. The van der Waals surface area contributed by atoms with E-state index in [1.165, 1.54) is 5.56 Å². The molecule has 3 aromatic carbocycles. The summed E-state index contributed by atoms with van der Waals surface area (Å²) < 4.78 is 5.79. The third-order valence-electron chi connectivity index (χ3n) is 3.53. The van der Waals surface area contributed by atoms with Crippen LogP contribution in [0.2, 0.25) is 5.02 Å². The smallest absolute Gasteiger partial charge is 0.119 e. The monoisotopic (exact) mass is 323 g/mol. The molecular formula is C20H18ClNO. The molecule has 2 nitrogen and oxygen atoms in total. The molecule has 0 saturated heterocycles. The van der Waals surface area contributed by atoms with Crippen molar-refractivity contribution < 1.29 is 4.74 Å². The maximum atomic E-state index is 6.13. The Morgan fingerprint density at radius 3 is 2.17 bits per heavy atom. The van der Waals surface area contributed by atoms with E-state index in [-0.39, 0.29) is 0 Å². The summed E-state index contributed by atoms with van der Waals surface area (Å²) in [5.74, 6) is 0.871. The first-order valence-corrected chi connectivity index (χ1v) is 7.93. The fourth-order valence-electron chi connectivity index (χ4n) is 2.25. The van der Waals surface area contributed by atoms with Crippen molar-refractivity contribution in [3.05, 3.63) is 95.0 Å². The Bertz CT molecular complexity index is 741. The van der Waals surface area contributed by atoms with E-state index in [1.54, 1.807) is 0 Å². The molecule has 0 atom stereocenters. The van der Waals surface area contributed by atoms with Crippen molar-refractivity contribution in [3.63, 3.8) is 0 Å². The second kappa shape index (κ2) is 7.70. The number of rotatable bonds is 6. The summed E-state index contributed by atoms with van der Waals surface area (Å²) in [6.07, 6.45) is 0. The Kier molecular flexibility index (Phi) is 5.17. The number of anilines is 1. The first-order valence-electron chi connectivity index (χ1n) is 7.55. The Labute approximate surface area is 141 Å². The van der Waals surface area contributed by atoms with Crippen LogP contribution >= 0.6 is 11.6 Å². The van der Waals surface area contributed by atoms with Crippen molar-refractivity contribution in [1.29, 1.82) is 0 Å². The summed E-state index contributed by atoms with van der Waals surface area (Å²) in [5, 5.41) is 4.07. The van der Waals surface area contributed by atoms with Gasteiger partial charge in [-0.2, -0.15) is 0 Å². The summed E-state index contributed by atoms with van der Waals surface area (Å²) >= 11 is 6.13. The Hall–Kier alpha value is -2.45. The maximum absolute atomic E-state index is 6.13. The number of nitrogens with one attached hydrogen (secondary N) is 1. The first-order chi connectivity index (χ1) is 11.3. The van der Waals surface area contributed by atoms with Gasteiger partial charge in [0.1, 0.15) is 12.4 Å². The Balaban J connectivity index is 1.54. The standard InChI is InChI=1S/C20H18ClNO/c21-19-8-4-5-9-20(19)22-14-16-10-12-18(13-11-16)23-15-17-6-2-1-3-7-17/h1-13,22H,14-15H2. The van der Waals surface area contributed by atoms with Gasteiger partial charge in [-0.3, -0.25) is 0 Å². The van der Waals surface area contributed by atoms with Gasteiger partial charge in [0, 0.05) is 6.54 Å². The van der Waals surface area contributed by atoms with Crippen LogP contribution in [-0.4, -0.2) is 0 Å². The lowest BCUT2D eigenvalue weighted by atomic mass is 10.2. The quantitative estimate of drug-likeness (QED) is 0.644. The maximum Gasteiger partial charge on any atom is 0.119 e. The van der Waals surface area contributed by atoms with Crippen molar-refractivity contribution in [3.8, 4) is 5.75 Å². The van der Waals surface area contributed by atoms with Gasteiger partial charge in [0.2, 0.25) is 0 Å². The van der Waals surface area contributed by atoms with Crippen LogP contribution in [0, 0.1) is 0 Å². The molecule has 3 heteroatoms. The molecule has 0 aliphatic heterocycles. The van der Waals surface area contributed by atoms with Crippen molar-refractivity contribution >= 4 is 17.3 Å². The molecule has 116 valence electrons. The molecule has 3 rings (SSSR count). The third kappa shape index (κ3) is 4.51. The normalized spacial score (nSPS) is 10.3. The average molecular weight is 324 g/mol. The van der Waals surface area contributed by atoms with E-state index < -0.39 is 0 Å². The van der Waals surface area contributed by atoms with Crippen molar-refractivity contribution in [2.24, 2.45) is 0 Å². The molecule has 0 saturated carbocycles. The number of para-hydroxylation sites is 1. The van der Waals surface area contributed by atoms with Gasteiger partial charge in [-0.05, 0) is 35.4 Å². The number of hydrogen-bond acceptors (Lipinski definition) is 2. The highest BCUT2D eigenvalue weighted by Crippen LogP contribution is 2.21. The van der Waals surface area contributed by atoms with Gasteiger partial charge in [0.15, 0.2) is 0 Å². The molecule has 3 aromatic rings. The molecule has 0 unspecified atom stereocenters. The highest BCUT2D eigenvalue weighted by atomic mass is 35.5. The highest BCUT2D eigenvalue weighted by Gasteiger charge is 2.00. The molecule has 0 spiro atoms. The van der Waals surface area contributed by atoms with Crippen LogP contribution < -0.4 is 10.1 Å². The van der Waals surface area contributed by atoms with Crippen LogP contribution in [0.15, 0.2) is 78.9 Å².